The minimum atomic E-state index is -0.368. The molecule has 8 nitrogen and oxygen atoms in total. The molecule has 3 aromatic heterocycles. The van der Waals surface area contributed by atoms with Crippen LogP contribution in [0.2, 0.25) is 5.02 Å². The number of aromatic nitrogens is 5. The number of imidazole rings is 1. The normalized spacial score (nSPS) is 11.4. The Bertz CT molecular complexity index is 1180. The summed E-state index contributed by atoms with van der Waals surface area (Å²) in [6.07, 6.45) is 2.10. The number of nitrogens with zero attached hydrogens (tertiary/aromatic N) is 5. The summed E-state index contributed by atoms with van der Waals surface area (Å²) in [5.41, 5.74) is 7.66. The maximum Gasteiger partial charge on any atom is 0.326 e. The Labute approximate surface area is 173 Å². The highest BCUT2D eigenvalue weighted by molar-refractivity contribution is 8.01. The monoisotopic (exact) mass is 434 g/mol. The predicted octanol–water partition coefficient (Wildman–Crippen LogP) is 3.78. The number of benzene rings is 1. The summed E-state index contributed by atoms with van der Waals surface area (Å²) in [6.45, 7) is 2.27. The molecule has 0 saturated carbocycles. The Kier molecular flexibility index (Phi) is 5.33. The standard InChI is InChI=1S/C17H15ClN6O2S2/c1-2-6-26-11(25)7-24-15-12(14(19)20-8-21-15)23-16(24)28-17-22-10-5-3-4-9(18)13(10)27-17/h3-5,8H,2,6-7H2,1H3,(H2,19,20,21). The van der Waals surface area contributed by atoms with Crippen LogP contribution in [0.5, 0.6) is 0 Å². The molecule has 4 aromatic rings. The highest BCUT2D eigenvalue weighted by Crippen LogP contribution is 2.38. The van der Waals surface area contributed by atoms with Gasteiger partial charge in [-0.1, -0.05) is 24.6 Å². The molecule has 28 heavy (non-hydrogen) atoms. The molecule has 11 heteroatoms. The Morgan fingerprint density at radius 2 is 2.21 bits per heavy atom. The maximum atomic E-state index is 12.2. The molecule has 3 heterocycles. The van der Waals surface area contributed by atoms with Crippen LogP contribution in [0.25, 0.3) is 21.4 Å². The zero-order valence-corrected chi connectivity index (χ0v) is 17.1. The van der Waals surface area contributed by atoms with Gasteiger partial charge in [0.2, 0.25) is 0 Å². The average Bonchev–Trinajstić information content (AvgIpc) is 3.24. The molecule has 0 bridgehead atoms. The molecule has 0 fully saturated rings. The first kappa shape index (κ1) is 18.9. The second kappa shape index (κ2) is 7.90. The molecule has 0 saturated heterocycles. The van der Waals surface area contributed by atoms with E-state index in [0.29, 0.717) is 27.9 Å². The van der Waals surface area contributed by atoms with E-state index in [4.69, 9.17) is 22.1 Å². The van der Waals surface area contributed by atoms with Crippen molar-refractivity contribution in [3.63, 3.8) is 0 Å². The third-order valence-electron chi connectivity index (χ3n) is 3.81. The van der Waals surface area contributed by atoms with Gasteiger partial charge in [0.15, 0.2) is 26.5 Å². The topological polar surface area (TPSA) is 109 Å². The molecule has 0 atom stereocenters. The fraction of sp³-hybridized carbons (Fsp3) is 0.235. The highest BCUT2D eigenvalue weighted by atomic mass is 35.5. The van der Waals surface area contributed by atoms with E-state index in [0.717, 1.165) is 21.0 Å². The van der Waals surface area contributed by atoms with Crippen LogP contribution in [0.4, 0.5) is 5.82 Å². The highest BCUT2D eigenvalue weighted by Gasteiger charge is 2.20. The number of anilines is 1. The Morgan fingerprint density at radius 3 is 3.00 bits per heavy atom. The number of nitrogens with two attached hydrogens (primary N) is 1. The van der Waals surface area contributed by atoms with Crippen molar-refractivity contribution in [1.82, 2.24) is 24.5 Å². The zero-order valence-electron chi connectivity index (χ0n) is 14.8. The second-order valence-electron chi connectivity index (χ2n) is 5.80. The summed E-state index contributed by atoms with van der Waals surface area (Å²) in [7, 11) is 0. The number of rotatable bonds is 6. The van der Waals surface area contributed by atoms with Gasteiger partial charge in [-0.2, -0.15) is 0 Å². The molecule has 0 unspecified atom stereocenters. The smallest absolute Gasteiger partial charge is 0.326 e. The lowest BCUT2D eigenvalue weighted by Crippen LogP contribution is -2.15. The summed E-state index contributed by atoms with van der Waals surface area (Å²) in [5.74, 6) is -0.118. The lowest BCUT2D eigenvalue weighted by Gasteiger charge is -2.07. The van der Waals surface area contributed by atoms with Crippen LogP contribution in [0.3, 0.4) is 0 Å². The Balaban J connectivity index is 1.74. The molecule has 2 N–H and O–H groups in total. The molecule has 0 amide bonds. The SMILES string of the molecule is CCCOC(=O)Cn1c(Sc2nc3cccc(Cl)c3s2)nc2c(N)ncnc21. The minimum absolute atomic E-state index is 0.0268. The number of hydrogen-bond acceptors (Lipinski definition) is 9. The van der Waals surface area contributed by atoms with E-state index in [-0.39, 0.29) is 18.3 Å². The van der Waals surface area contributed by atoms with E-state index in [9.17, 15) is 4.79 Å². The van der Waals surface area contributed by atoms with Crippen molar-refractivity contribution >= 4 is 67.9 Å². The fourth-order valence-corrected chi connectivity index (χ4v) is 4.89. The first-order valence-electron chi connectivity index (χ1n) is 8.42. The van der Waals surface area contributed by atoms with Crippen LogP contribution >= 0.6 is 34.7 Å². The fourth-order valence-electron chi connectivity index (χ4n) is 2.56. The molecule has 144 valence electrons. The number of halogens is 1. The van der Waals surface area contributed by atoms with E-state index in [1.165, 1.54) is 29.4 Å². The van der Waals surface area contributed by atoms with Crippen LogP contribution < -0.4 is 5.73 Å². The Morgan fingerprint density at radius 1 is 1.36 bits per heavy atom. The summed E-state index contributed by atoms with van der Waals surface area (Å²) in [4.78, 5) is 29.6. The van der Waals surface area contributed by atoms with Crippen molar-refractivity contribution < 1.29 is 9.53 Å². The van der Waals surface area contributed by atoms with Gasteiger partial charge >= 0.3 is 5.97 Å². The van der Waals surface area contributed by atoms with E-state index in [2.05, 4.69) is 19.9 Å². The number of carbonyl (C=O) groups excluding carboxylic acids is 1. The molecule has 0 spiro atoms. The first-order chi connectivity index (χ1) is 13.6. The predicted molar refractivity (Wildman–Crippen MR) is 110 cm³/mol. The second-order valence-corrected chi connectivity index (χ2v) is 8.42. The molecule has 0 radical (unpaired) electrons. The lowest BCUT2D eigenvalue weighted by molar-refractivity contribution is -0.144. The Hall–Kier alpha value is -2.43. The number of ether oxygens (including phenoxy) is 1. The van der Waals surface area contributed by atoms with Gasteiger partial charge in [0.25, 0.3) is 0 Å². The average molecular weight is 435 g/mol. The van der Waals surface area contributed by atoms with Crippen LogP contribution in [0, 0.1) is 0 Å². The molecule has 0 aliphatic rings. The molecule has 0 aliphatic carbocycles. The van der Waals surface area contributed by atoms with Gasteiger partial charge in [0.05, 0.1) is 21.8 Å². The van der Waals surface area contributed by atoms with Gasteiger partial charge < -0.3 is 10.5 Å². The van der Waals surface area contributed by atoms with Crippen LogP contribution in [0.1, 0.15) is 13.3 Å². The molecular formula is C17H15ClN6O2S2. The molecule has 1 aromatic carbocycles. The third-order valence-corrected chi connectivity index (χ3v) is 6.39. The van der Waals surface area contributed by atoms with E-state index in [1.807, 2.05) is 25.1 Å². The molecular weight excluding hydrogens is 420 g/mol. The number of carbonyl (C=O) groups is 1. The van der Waals surface area contributed by atoms with Crippen molar-refractivity contribution in [3.8, 4) is 0 Å². The summed E-state index contributed by atoms with van der Waals surface area (Å²) < 4.78 is 8.52. The maximum absolute atomic E-state index is 12.2. The minimum Gasteiger partial charge on any atom is -0.464 e. The first-order valence-corrected chi connectivity index (χ1v) is 10.4. The van der Waals surface area contributed by atoms with Crippen LogP contribution in [0.15, 0.2) is 34.0 Å². The number of esters is 1. The van der Waals surface area contributed by atoms with Crippen molar-refractivity contribution in [2.75, 3.05) is 12.3 Å². The third kappa shape index (κ3) is 3.62. The summed E-state index contributed by atoms with van der Waals surface area (Å²) in [6, 6.07) is 5.58. The van der Waals surface area contributed by atoms with Gasteiger partial charge in [-0.25, -0.2) is 19.9 Å². The van der Waals surface area contributed by atoms with Crippen molar-refractivity contribution in [1.29, 1.82) is 0 Å². The zero-order chi connectivity index (χ0) is 19.7. The van der Waals surface area contributed by atoms with Crippen molar-refractivity contribution in [3.05, 3.63) is 29.5 Å². The van der Waals surface area contributed by atoms with E-state index in [1.54, 1.807) is 4.57 Å². The van der Waals surface area contributed by atoms with Crippen molar-refractivity contribution in [2.24, 2.45) is 0 Å². The lowest BCUT2D eigenvalue weighted by atomic mass is 10.3. The van der Waals surface area contributed by atoms with Gasteiger partial charge in [0.1, 0.15) is 12.9 Å². The summed E-state index contributed by atoms with van der Waals surface area (Å²) in [5, 5.41) is 1.18. The number of hydrogen-bond donors (Lipinski definition) is 1. The van der Waals surface area contributed by atoms with Crippen LogP contribution in [-0.2, 0) is 16.1 Å². The quantitative estimate of drug-likeness (QED) is 0.456. The number of nitrogen functional groups attached to an aromatic ring is 1. The number of fused-ring (bicyclic) bond motifs is 2. The van der Waals surface area contributed by atoms with Gasteiger partial charge in [-0.05, 0) is 30.3 Å². The van der Waals surface area contributed by atoms with Gasteiger partial charge in [0, 0.05) is 0 Å². The van der Waals surface area contributed by atoms with Gasteiger partial charge in [-0.3, -0.25) is 9.36 Å². The van der Waals surface area contributed by atoms with E-state index >= 15 is 0 Å². The summed E-state index contributed by atoms with van der Waals surface area (Å²) >= 11 is 9.03. The van der Waals surface area contributed by atoms with E-state index < -0.39 is 0 Å². The van der Waals surface area contributed by atoms with Gasteiger partial charge in [-0.15, -0.1) is 11.3 Å². The van der Waals surface area contributed by atoms with Crippen LogP contribution in [-0.4, -0.2) is 37.1 Å². The number of thiazole rings is 1. The van der Waals surface area contributed by atoms with Crippen molar-refractivity contribution in [2.45, 2.75) is 29.4 Å². The molecule has 0 aliphatic heterocycles. The molecule has 4 rings (SSSR count). The largest absolute Gasteiger partial charge is 0.464 e.